The van der Waals surface area contributed by atoms with Crippen LogP contribution < -0.4 is 5.56 Å². The van der Waals surface area contributed by atoms with Crippen molar-refractivity contribution < 1.29 is 9.90 Å². The Kier molecular flexibility index (Phi) is 3.83. The van der Waals surface area contributed by atoms with Gasteiger partial charge in [0.2, 0.25) is 0 Å². The Morgan fingerprint density at radius 1 is 1.35 bits per heavy atom. The molecule has 1 unspecified atom stereocenters. The summed E-state index contributed by atoms with van der Waals surface area (Å²) in [5.74, 6) is -0.495. The van der Waals surface area contributed by atoms with Crippen LogP contribution in [0.15, 0.2) is 35.4 Å². The van der Waals surface area contributed by atoms with Gasteiger partial charge in [-0.15, -0.1) is 5.10 Å². The van der Waals surface area contributed by atoms with Crippen molar-refractivity contribution in [3.05, 3.63) is 57.9 Å². The summed E-state index contributed by atoms with van der Waals surface area (Å²) in [4.78, 5) is 28.5. The lowest BCUT2D eigenvalue weighted by Gasteiger charge is -2.13. The van der Waals surface area contributed by atoms with Gasteiger partial charge in [-0.25, -0.2) is 14.5 Å². The molecule has 0 radical (unpaired) electrons. The SMILES string of the molecule is Cc1ccc(Cn2cnnn2)c(-c2cc(=O)n3c(n2)CCC3C(=O)O)c1. The van der Waals surface area contributed by atoms with Crippen molar-refractivity contribution in [1.82, 2.24) is 29.8 Å². The molecule has 0 bridgehead atoms. The molecule has 4 rings (SSSR count). The highest BCUT2D eigenvalue weighted by Gasteiger charge is 2.30. The number of nitrogens with zero attached hydrogens (tertiary/aromatic N) is 6. The topological polar surface area (TPSA) is 116 Å². The summed E-state index contributed by atoms with van der Waals surface area (Å²) >= 11 is 0. The number of hydrogen-bond donors (Lipinski definition) is 1. The van der Waals surface area contributed by atoms with Gasteiger partial charge in [-0.3, -0.25) is 9.36 Å². The van der Waals surface area contributed by atoms with E-state index in [4.69, 9.17) is 0 Å². The summed E-state index contributed by atoms with van der Waals surface area (Å²) in [7, 11) is 0. The molecule has 9 nitrogen and oxygen atoms in total. The molecule has 1 aliphatic rings. The van der Waals surface area contributed by atoms with Crippen LogP contribution in [-0.4, -0.2) is 40.8 Å². The van der Waals surface area contributed by atoms with E-state index in [1.807, 2.05) is 25.1 Å². The molecule has 0 aliphatic carbocycles. The number of hydrogen-bond acceptors (Lipinski definition) is 6. The molecule has 3 aromatic rings. The van der Waals surface area contributed by atoms with Gasteiger partial charge in [0.1, 0.15) is 18.2 Å². The lowest BCUT2D eigenvalue weighted by atomic mass is 10.0. The van der Waals surface area contributed by atoms with Crippen LogP contribution in [0.4, 0.5) is 0 Å². The molecule has 1 atom stereocenters. The fraction of sp³-hybridized carbons (Fsp3) is 0.294. The maximum absolute atomic E-state index is 12.6. The van der Waals surface area contributed by atoms with Gasteiger partial charge >= 0.3 is 5.97 Å². The highest BCUT2D eigenvalue weighted by molar-refractivity contribution is 5.73. The smallest absolute Gasteiger partial charge is 0.326 e. The summed E-state index contributed by atoms with van der Waals surface area (Å²) in [6, 6.07) is 6.46. The monoisotopic (exact) mass is 352 g/mol. The summed E-state index contributed by atoms with van der Waals surface area (Å²) in [5.41, 5.74) is 2.97. The number of carboxylic acid groups (broad SMARTS) is 1. The summed E-state index contributed by atoms with van der Waals surface area (Å²) < 4.78 is 2.87. The van der Waals surface area contributed by atoms with Crippen LogP contribution in [0.1, 0.15) is 29.4 Å². The third-order valence-corrected chi connectivity index (χ3v) is 4.53. The number of rotatable bonds is 4. The number of aliphatic carboxylic acids is 1. The molecular weight excluding hydrogens is 336 g/mol. The first-order chi connectivity index (χ1) is 12.5. The Hall–Kier alpha value is -3.36. The zero-order valence-corrected chi connectivity index (χ0v) is 14.0. The standard InChI is InChI=1S/C17H16N6O3/c1-10-2-3-11(8-22-9-18-20-21-22)12(6-10)13-7-16(24)23-14(17(25)26)4-5-15(23)19-13/h2-3,6-7,9,14H,4-5,8H2,1H3,(H,25,26). The molecule has 9 heteroatoms. The zero-order chi connectivity index (χ0) is 18.3. The van der Waals surface area contributed by atoms with Crippen molar-refractivity contribution in [2.24, 2.45) is 0 Å². The van der Waals surface area contributed by atoms with Gasteiger partial charge in [0, 0.05) is 18.1 Å². The lowest BCUT2D eigenvalue weighted by Crippen LogP contribution is -2.28. The molecule has 3 heterocycles. The Morgan fingerprint density at radius 2 is 2.19 bits per heavy atom. The lowest BCUT2D eigenvalue weighted by molar-refractivity contribution is -0.140. The van der Waals surface area contributed by atoms with Crippen LogP contribution in [-0.2, 0) is 17.8 Å². The van der Waals surface area contributed by atoms with Crippen LogP contribution >= 0.6 is 0 Å². The number of carboxylic acids is 1. The number of aromatic nitrogens is 6. The minimum Gasteiger partial charge on any atom is -0.480 e. The van der Waals surface area contributed by atoms with E-state index in [0.717, 1.165) is 16.7 Å². The van der Waals surface area contributed by atoms with Crippen LogP contribution in [0, 0.1) is 6.92 Å². The molecule has 2 aromatic heterocycles. The van der Waals surface area contributed by atoms with E-state index < -0.39 is 12.0 Å². The third kappa shape index (κ3) is 2.77. The normalized spacial score (nSPS) is 15.8. The van der Waals surface area contributed by atoms with Crippen molar-refractivity contribution in [3.8, 4) is 11.3 Å². The first-order valence-electron chi connectivity index (χ1n) is 8.19. The molecule has 0 amide bonds. The molecule has 26 heavy (non-hydrogen) atoms. The Bertz CT molecular complexity index is 1040. The van der Waals surface area contributed by atoms with E-state index in [2.05, 4.69) is 20.5 Å². The number of carbonyl (C=O) groups is 1. The van der Waals surface area contributed by atoms with E-state index in [-0.39, 0.29) is 5.56 Å². The highest BCUT2D eigenvalue weighted by atomic mass is 16.4. The highest BCUT2D eigenvalue weighted by Crippen LogP contribution is 2.27. The molecule has 132 valence electrons. The van der Waals surface area contributed by atoms with Gasteiger partial charge in [0.15, 0.2) is 0 Å². The zero-order valence-electron chi connectivity index (χ0n) is 14.0. The first kappa shape index (κ1) is 16.1. The largest absolute Gasteiger partial charge is 0.480 e. The average Bonchev–Trinajstić information content (AvgIpc) is 3.26. The molecule has 1 aromatic carbocycles. The number of aryl methyl sites for hydroxylation is 2. The van der Waals surface area contributed by atoms with Crippen molar-refractivity contribution in [2.75, 3.05) is 0 Å². The minimum atomic E-state index is -1.00. The van der Waals surface area contributed by atoms with Gasteiger partial charge in [0.25, 0.3) is 5.56 Å². The second kappa shape index (κ2) is 6.17. The Labute approximate surface area is 147 Å². The van der Waals surface area contributed by atoms with Crippen molar-refractivity contribution in [2.45, 2.75) is 32.4 Å². The Balaban J connectivity index is 1.81. The van der Waals surface area contributed by atoms with Crippen LogP contribution in [0.25, 0.3) is 11.3 Å². The van der Waals surface area contributed by atoms with Crippen molar-refractivity contribution in [3.63, 3.8) is 0 Å². The van der Waals surface area contributed by atoms with E-state index in [0.29, 0.717) is 30.9 Å². The summed E-state index contributed by atoms with van der Waals surface area (Å²) in [6.07, 6.45) is 2.37. The van der Waals surface area contributed by atoms with Gasteiger partial charge in [-0.2, -0.15) is 0 Å². The van der Waals surface area contributed by atoms with Gasteiger partial charge in [0.05, 0.1) is 12.2 Å². The minimum absolute atomic E-state index is 0.343. The molecule has 0 fully saturated rings. The van der Waals surface area contributed by atoms with E-state index >= 15 is 0 Å². The fourth-order valence-corrected chi connectivity index (χ4v) is 3.31. The first-order valence-corrected chi connectivity index (χ1v) is 8.19. The van der Waals surface area contributed by atoms with Gasteiger partial charge in [-0.05, 0) is 35.4 Å². The predicted molar refractivity (Wildman–Crippen MR) is 90.6 cm³/mol. The van der Waals surface area contributed by atoms with Crippen LogP contribution in [0.5, 0.6) is 0 Å². The van der Waals surface area contributed by atoms with E-state index in [9.17, 15) is 14.7 Å². The van der Waals surface area contributed by atoms with Gasteiger partial charge in [-0.1, -0.05) is 17.7 Å². The quantitative estimate of drug-likeness (QED) is 0.739. The van der Waals surface area contributed by atoms with Crippen molar-refractivity contribution in [1.29, 1.82) is 0 Å². The second-order valence-electron chi connectivity index (χ2n) is 6.33. The van der Waals surface area contributed by atoms with E-state index in [1.54, 1.807) is 4.68 Å². The average molecular weight is 352 g/mol. The fourth-order valence-electron chi connectivity index (χ4n) is 3.31. The maximum Gasteiger partial charge on any atom is 0.326 e. The maximum atomic E-state index is 12.6. The van der Waals surface area contributed by atoms with Crippen LogP contribution in [0.2, 0.25) is 0 Å². The van der Waals surface area contributed by atoms with Crippen molar-refractivity contribution >= 4 is 5.97 Å². The number of tetrazole rings is 1. The van der Waals surface area contributed by atoms with Gasteiger partial charge < -0.3 is 5.11 Å². The number of benzene rings is 1. The Morgan fingerprint density at radius 3 is 2.92 bits per heavy atom. The molecular formula is C17H16N6O3. The predicted octanol–water partition coefficient (Wildman–Crippen LogP) is 0.825. The summed E-state index contributed by atoms with van der Waals surface area (Å²) in [5, 5.41) is 20.4. The van der Waals surface area contributed by atoms with Crippen LogP contribution in [0.3, 0.4) is 0 Å². The molecule has 1 aliphatic heterocycles. The second-order valence-corrected chi connectivity index (χ2v) is 6.33. The van der Waals surface area contributed by atoms with E-state index in [1.165, 1.54) is 17.0 Å². The molecule has 0 saturated heterocycles. The molecule has 1 N–H and O–H groups in total. The summed E-state index contributed by atoms with van der Waals surface area (Å²) in [6.45, 7) is 2.41. The third-order valence-electron chi connectivity index (χ3n) is 4.53. The molecule has 0 spiro atoms. The molecule has 0 saturated carbocycles. The number of fused-ring (bicyclic) bond motifs is 1.